The van der Waals surface area contributed by atoms with Crippen LogP contribution in [-0.4, -0.2) is 24.9 Å². The van der Waals surface area contributed by atoms with Crippen molar-refractivity contribution in [3.05, 3.63) is 24.0 Å². The minimum atomic E-state index is -0.341. The van der Waals surface area contributed by atoms with E-state index in [9.17, 15) is 9.18 Å². The van der Waals surface area contributed by atoms with Crippen molar-refractivity contribution < 1.29 is 9.18 Å². The van der Waals surface area contributed by atoms with Gasteiger partial charge in [-0.15, -0.1) is 11.6 Å². The van der Waals surface area contributed by atoms with Crippen LogP contribution in [0, 0.1) is 5.82 Å². The average molecular weight is 287 g/mol. The first-order valence-electron chi connectivity index (χ1n) is 6.34. The van der Waals surface area contributed by atoms with Crippen molar-refractivity contribution in [2.75, 3.05) is 23.1 Å². The summed E-state index contributed by atoms with van der Waals surface area (Å²) in [7, 11) is 1.84. The quantitative estimate of drug-likeness (QED) is 0.810. The van der Waals surface area contributed by atoms with E-state index in [2.05, 4.69) is 5.32 Å². The minimum Gasteiger partial charge on any atom is -0.370 e. The van der Waals surface area contributed by atoms with Gasteiger partial charge in [0.05, 0.1) is 5.69 Å². The van der Waals surface area contributed by atoms with Gasteiger partial charge < -0.3 is 10.2 Å². The van der Waals surface area contributed by atoms with E-state index in [1.54, 1.807) is 12.1 Å². The Morgan fingerprint density at radius 3 is 2.68 bits per heavy atom. The van der Waals surface area contributed by atoms with E-state index in [0.29, 0.717) is 30.1 Å². The van der Waals surface area contributed by atoms with Gasteiger partial charge in [0.1, 0.15) is 5.82 Å². The van der Waals surface area contributed by atoms with E-state index in [-0.39, 0.29) is 17.8 Å². The van der Waals surface area contributed by atoms with E-state index < -0.39 is 0 Å². The fourth-order valence-corrected chi connectivity index (χ4v) is 1.73. The van der Waals surface area contributed by atoms with Crippen molar-refractivity contribution in [3.8, 4) is 0 Å². The number of hydrogen-bond donors (Lipinski definition) is 1. The van der Waals surface area contributed by atoms with Crippen LogP contribution in [0.4, 0.5) is 15.8 Å². The number of benzene rings is 1. The maximum atomic E-state index is 13.9. The maximum Gasteiger partial charge on any atom is 0.224 e. The Morgan fingerprint density at radius 1 is 1.47 bits per heavy atom. The number of rotatable bonds is 6. The summed E-state index contributed by atoms with van der Waals surface area (Å²) in [5.41, 5.74) is 0.992. The van der Waals surface area contributed by atoms with Gasteiger partial charge in [0, 0.05) is 31.1 Å². The number of anilines is 2. The fourth-order valence-electron chi connectivity index (χ4n) is 1.60. The molecule has 0 aliphatic rings. The molecule has 1 rings (SSSR count). The van der Waals surface area contributed by atoms with Gasteiger partial charge in [-0.05, 0) is 38.5 Å². The number of alkyl halides is 1. The van der Waals surface area contributed by atoms with Gasteiger partial charge in [-0.2, -0.15) is 0 Å². The Kier molecular flexibility index (Phi) is 6.09. The normalized spacial score (nSPS) is 10.6. The zero-order valence-electron chi connectivity index (χ0n) is 11.5. The first kappa shape index (κ1) is 15.8. The Labute approximate surface area is 118 Å². The molecule has 0 unspecified atom stereocenters. The molecule has 0 aliphatic heterocycles. The van der Waals surface area contributed by atoms with Gasteiger partial charge >= 0.3 is 0 Å². The summed E-state index contributed by atoms with van der Waals surface area (Å²) in [4.78, 5) is 13.3. The number of nitrogens with zero attached hydrogens (tertiary/aromatic N) is 1. The van der Waals surface area contributed by atoms with E-state index in [1.165, 1.54) is 6.07 Å². The highest BCUT2D eigenvalue weighted by atomic mass is 35.5. The molecule has 19 heavy (non-hydrogen) atoms. The topological polar surface area (TPSA) is 32.3 Å². The highest BCUT2D eigenvalue weighted by Crippen LogP contribution is 2.23. The molecule has 1 aromatic rings. The predicted molar refractivity (Wildman–Crippen MR) is 78.5 cm³/mol. The number of amides is 1. The first-order valence-corrected chi connectivity index (χ1v) is 6.87. The Morgan fingerprint density at radius 2 is 2.16 bits per heavy atom. The SMILES string of the molecule is CC(C)N(C)c1ccc(NC(=O)CCCCl)cc1F. The second-order valence-electron chi connectivity index (χ2n) is 4.71. The van der Waals surface area contributed by atoms with E-state index in [0.717, 1.165) is 0 Å². The van der Waals surface area contributed by atoms with Gasteiger partial charge in [0.25, 0.3) is 0 Å². The number of carbonyl (C=O) groups is 1. The van der Waals surface area contributed by atoms with Crippen molar-refractivity contribution in [1.82, 2.24) is 0 Å². The maximum absolute atomic E-state index is 13.9. The van der Waals surface area contributed by atoms with E-state index in [1.807, 2.05) is 25.8 Å². The lowest BCUT2D eigenvalue weighted by Gasteiger charge is -2.24. The van der Waals surface area contributed by atoms with Gasteiger partial charge in [-0.25, -0.2) is 4.39 Å². The minimum absolute atomic E-state index is 0.148. The van der Waals surface area contributed by atoms with E-state index >= 15 is 0 Å². The number of nitrogens with one attached hydrogen (secondary N) is 1. The molecule has 1 N–H and O–H groups in total. The molecule has 1 amide bonds. The van der Waals surface area contributed by atoms with Gasteiger partial charge in [-0.1, -0.05) is 0 Å². The molecular weight excluding hydrogens is 267 g/mol. The zero-order chi connectivity index (χ0) is 14.4. The molecule has 0 aliphatic carbocycles. The lowest BCUT2D eigenvalue weighted by Crippen LogP contribution is -2.26. The summed E-state index contributed by atoms with van der Waals surface area (Å²) in [5.74, 6) is -0.0451. The third kappa shape index (κ3) is 4.71. The van der Waals surface area contributed by atoms with Crippen LogP contribution in [0.25, 0.3) is 0 Å². The van der Waals surface area contributed by atoms with Crippen LogP contribution in [0.3, 0.4) is 0 Å². The van der Waals surface area contributed by atoms with Crippen LogP contribution in [0.1, 0.15) is 26.7 Å². The molecule has 106 valence electrons. The van der Waals surface area contributed by atoms with Gasteiger partial charge in [0.2, 0.25) is 5.91 Å². The zero-order valence-corrected chi connectivity index (χ0v) is 12.3. The molecule has 0 saturated carbocycles. The van der Waals surface area contributed by atoms with Crippen molar-refractivity contribution in [2.24, 2.45) is 0 Å². The van der Waals surface area contributed by atoms with Crippen LogP contribution in [-0.2, 0) is 4.79 Å². The van der Waals surface area contributed by atoms with Crippen LogP contribution >= 0.6 is 11.6 Å². The fraction of sp³-hybridized carbons (Fsp3) is 0.500. The van der Waals surface area contributed by atoms with Crippen molar-refractivity contribution in [3.63, 3.8) is 0 Å². The molecule has 0 atom stereocenters. The molecule has 5 heteroatoms. The molecule has 0 bridgehead atoms. The Balaban J connectivity index is 2.74. The molecule has 0 saturated heterocycles. The smallest absolute Gasteiger partial charge is 0.224 e. The summed E-state index contributed by atoms with van der Waals surface area (Å²) in [5, 5.41) is 2.66. The second kappa shape index (κ2) is 7.34. The largest absolute Gasteiger partial charge is 0.370 e. The van der Waals surface area contributed by atoms with Crippen molar-refractivity contribution in [1.29, 1.82) is 0 Å². The third-order valence-corrected chi connectivity index (χ3v) is 3.19. The Hall–Kier alpha value is -1.29. The summed E-state index contributed by atoms with van der Waals surface area (Å²) in [6.45, 7) is 3.97. The summed E-state index contributed by atoms with van der Waals surface area (Å²) in [6, 6.07) is 4.92. The summed E-state index contributed by atoms with van der Waals surface area (Å²) >= 11 is 5.51. The summed E-state index contributed by atoms with van der Waals surface area (Å²) in [6.07, 6.45) is 0.961. The molecule has 0 radical (unpaired) electrons. The van der Waals surface area contributed by atoms with Crippen LogP contribution < -0.4 is 10.2 Å². The molecule has 0 heterocycles. The number of halogens is 2. The molecular formula is C14H20ClFN2O. The summed E-state index contributed by atoms with van der Waals surface area (Å²) < 4.78 is 13.9. The van der Waals surface area contributed by atoms with Gasteiger partial charge in [0.15, 0.2) is 0 Å². The molecule has 0 spiro atoms. The molecule has 0 aromatic heterocycles. The molecule has 0 fully saturated rings. The monoisotopic (exact) mass is 286 g/mol. The molecule has 1 aromatic carbocycles. The standard InChI is InChI=1S/C14H20ClFN2O/c1-10(2)18(3)13-7-6-11(9-12(13)16)17-14(19)5-4-8-15/h6-7,9-10H,4-5,8H2,1-3H3,(H,17,19). The predicted octanol–water partition coefficient (Wildman–Crippen LogP) is 3.63. The Bertz CT molecular complexity index is 437. The van der Waals surface area contributed by atoms with Crippen molar-refractivity contribution >= 4 is 28.9 Å². The first-order chi connectivity index (χ1) is 8.95. The highest BCUT2D eigenvalue weighted by Gasteiger charge is 2.11. The van der Waals surface area contributed by atoms with Crippen molar-refractivity contribution in [2.45, 2.75) is 32.7 Å². The molecule has 3 nitrogen and oxygen atoms in total. The van der Waals surface area contributed by atoms with E-state index in [4.69, 9.17) is 11.6 Å². The van der Waals surface area contributed by atoms with Gasteiger partial charge in [-0.3, -0.25) is 4.79 Å². The third-order valence-electron chi connectivity index (χ3n) is 2.92. The second-order valence-corrected chi connectivity index (χ2v) is 5.09. The lowest BCUT2D eigenvalue weighted by molar-refractivity contribution is -0.116. The van der Waals surface area contributed by atoms with Crippen LogP contribution in [0.5, 0.6) is 0 Å². The lowest BCUT2D eigenvalue weighted by atomic mass is 10.2. The number of hydrogen-bond acceptors (Lipinski definition) is 2. The van der Waals surface area contributed by atoms with Crippen LogP contribution in [0.15, 0.2) is 18.2 Å². The number of carbonyl (C=O) groups excluding carboxylic acids is 1. The van der Waals surface area contributed by atoms with Crippen LogP contribution in [0.2, 0.25) is 0 Å². The highest BCUT2D eigenvalue weighted by molar-refractivity contribution is 6.18. The average Bonchev–Trinajstić information content (AvgIpc) is 2.35.